The lowest BCUT2D eigenvalue weighted by molar-refractivity contribution is 0.247. The molecule has 0 aliphatic carbocycles. The topological polar surface area (TPSA) is 52.8 Å². The van der Waals surface area contributed by atoms with E-state index in [1.54, 1.807) is 4.40 Å². The highest BCUT2D eigenvalue weighted by molar-refractivity contribution is 7.15. The number of rotatable bonds is 7. The Morgan fingerprint density at radius 2 is 1.64 bits per heavy atom. The average Bonchev–Trinajstić information content (AvgIpc) is 3.33. The molecule has 166 valence electrons. The first-order valence-electron chi connectivity index (χ1n) is 10.9. The van der Waals surface area contributed by atoms with Gasteiger partial charge in [-0.2, -0.15) is 0 Å². The third-order valence-electron chi connectivity index (χ3n) is 5.63. The van der Waals surface area contributed by atoms with Gasteiger partial charge in [0.2, 0.25) is 0 Å². The molecule has 6 heteroatoms. The Morgan fingerprint density at radius 1 is 0.909 bits per heavy atom. The van der Waals surface area contributed by atoms with Crippen molar-refractivity contribution in [3.8, 4) is 11.5 Å². The van der Waals surface area contributed by atoms with Crippen LogP contribution in [-0.4, -0.2) is 22.6 Å². The number of imidazole rings is 1. The highest BCUT2D eigenvalue weighted by atomic mass is 32.1. The Bertz CT molecular complexity index is 1530. The van der Waals surface area contributed by atoms with Gasteiger partial charge in [0.1, 0.15) is 11.5 Å². The fraction of sp³-hybridized carbons (Fsp3) is 0.185. The number of fused-ring (bicyclic) bond motifs is 3. The van der Waals surface area contributed by atoms with Crippen LogP contribution < -0.4 is 19.6 Å². The molecule has 0 bridgehead atoms. The number of hydrogen-bond acceptors (Lipinski definition) is 5. The van der Waals surface area contributed by atoms with E-state index in [4.69, 9.17) is 9.47 Å². The Hall–Kier alpha value is -3.64. The van der Waals surface area contributed by atoms with E-state index >= 15 is 0 Å². The van der Waals surface area contributed by atoms with Gasteiger partial charge in [-0.25, -0.2) is 9.38 Å². The summed E-state index contributed by atoms with van der Waals surface area (Å²) in [6.45, 7) is 5.36. The van der Waals surface area contributed by atoms with Crippen molar-refractivity contribution in [2.75, 3.05) is 13.2 Å². The van der Waals surface area contributed by atoms with E-state index in [9.17, 15) is 4.79 Å². The second-order valence-electron chi connectivity index (χ2n) is 8.00. The lowest BCUT2D eigenvalue weighted by atomic mass is 10.1. The maximum atomic E-state index is 12.9. The summed E-state index contributed by atoms with van der Waals surface area (Å²) in [6.07, 6.45) is 2.70. The molecule has 2 aromatic heterocycles. The quantitative estimate of drug-likeness (QED) is 0.326. The van der Waals surface area contributed by atoms with Crippen molar-refractivity contribution >= 4 is 33.4 Å². The number of benzene rings is 3. The molecule has 5 rings (SSSR count). The number of nitrogens with zero attached hydrogens (tertiary/aromatic N) is 2. The van der Waals surface area contributed by atoms with Crippen LogP contribution in [0.1, 0.15) is 23.1 Å². The maximum absolute atomic E-state index is 12.9. The van der Waals surface area contributed by atoms with Gasteiger partial charge in [0.05, 0.1) is 28.8 Å². The standard InChI is InChI=1S/C27H24N2O3S/c1-18-8-11-22(16-19(18)2)32-15-5-14-31-21-12-9-20(10-13-21)17-25-26(30)29-24-7-4-3-6-23(24)28-27(29)33-25/h3-4,6-13,16-17H,5,14-15H2,1-2H3/b25-17-. The largest absolute Gasteiger partial charge is 0.493 e. The fourth-order valence-corrected chi connectivity index (χ4v) is 4.65. The number of aromatic nitrogens is 2. The van der Waals surface area contributed by atoms with Crippen LogP contribution in [0, 0.1) is 13.8 Å². The number of hydrogen-bond donors (Lipinski definition) is 0. The van der Waals surface area contributed by atoms with Crippen LogP contribution in [0.5, 0.6) is 11.5 Å². The monoisotopic (exact) mass is 456 g/mol. The third kappa shape index (κ3) is 4.47. The molecule has 0 N–H and O–H groups in total. The van der Waals surface area contributed by atoms with Crippen molar-refractivity contribution in [2.24, 2.45) is 0 Å². The van der Waals surface area contributed by atoms with Crippen LogP contribution >= 0.6 is 11.3 Å². The summed E-state index contributed by atoms with van der Waals surface area (Å²) in [5.41, 5.74) is 5.10. The highest BCUT2D eigenvalue weighted by Crippen LogP contribution is 2.18. The van der Waals surface area contributed by atoms with Gasteiger partial charge in [0, 0.05) is 6.42 Å². The summed E-state index contributed by atoms with van der Waals surface area (Å²) in [5.74, 6) is 1.69. The van der Waals surface area contributed by atoms with Crippen molar-refractivity contribution in [3.63, 3.8) is 0 Å². The summed E-state index contributed by atoms with van der Waals surface area (Å²) in [5, 5.41) is 0. The molecule has 3 aromatic carbocycles. The first-order chi connectivity index (χ1) is 16.1. The molecule has 0 aliphatic rings. The van der Waals surface area contributed by atoms with Crippen molar-refractivity contribution in [2.45, 2.75) is 20.3 Å². The van der Waals surface area contributed by atoms with Crippen LogP contribution in [0.15, 0.2) is 71.5 Å². The Labute approximate surface area is 195 Å². The van der Waals surface area contributed by atoms with Gasteiger partial charge in [-0.1, -0.05) is 41.7 Å². The molecule has 0 fully saturated rings. The number of thiazole rings is 1. The minimum absolute atomic E-state index is 0.0344. The molecule has 0 spiro atoms. The van der Waals surface area contributed by atoms with Crippen LogP contribution in [0.2, 0.25) is 0 Å². The second-order valence-corrected chi connectivity index (χ2v) is 9.01. The molecule has 2 heterocycles. The molecular formula is C27H24N2O3S. The summed E-state index contributed by atoms with van der Waals surface area (Å²) >= 11 is 1.41. The molecule has 5 aromatic rings. The van der Waals surface area contributed by atoms with Crippen molar-refractivity contribution in [1.29, 1.82) is 0 Å². The van der Waals surface area contributed by atoms with Gasteiger partial charge >= 0.3 is 0 Å². The SMILES string of the molecule is Cc1ccc(OCCCOc2ccc(/C=c3\sc4nc5ccccc5n4c3=O)cc2)cc1C. The Morgan fingerprint density at radius 3 is 2.42 bits per heavy atom. The summed E-state index contributed by atoms with van der Waals surface area (Å²) in [4.78, 5) is 18.2. The van der Waals surface area contributed by atoms with Gasteiger partial charge in [0.15, 0.2) is 4.96 Å². The average molecular weight is 457 g/mol. The predicted molar refractivity (Wildman–Crippen MR) is 134 cm³/mol. The fourth-order valence-electron chi connectivity index (χ4n) is 3.67. The summed E-state index contributed by atoms with van der Waals surface area (Å²) < 4.78 is 14.0. The van der Waals surface area contributed by atoms with Crippen LogP contribution in [0.4, 0.5) is 0 Å². The maximum Gasteiger partial charge on any atom is 0.274 e. The van der Waals surface area contributed by atoms with Gasteiger partial charge in [-0.05, 0) is 73.0 Å². The molecule has 0 aliphatic heterocycles. The number of ether oxygens (including phenoxy) is 2. The summed E-state index contributed by atoms with van der Waals surface area (Å²) in [7, 11) is 0. The van der Waals surface area contributed by atoms with Crippen LogP contribution in [0.25, 0.3) is 22.1 Å². The van der Waals surface area contributed by atoms with Gasteiger partial charge in [0.25, 0.3) is 5.56 Å². The first kappa shape index (κ1) is 21.2. The zero-order valence-electron chi connectivity index (χ0n) is 18.6. The molecule has 5 nitrogen and oxygen atoms in total. The Balaban J connectivity index is 1.20. The molecule has 0 amide bonds. The van der Waals surface area contributed by atoms with Gasteiger partial charge in [-0.15, -0.1) is 0 Å². The molecule has 0 radical (unpaired) electrons. The van der Waals surface area contributed by atoms with Gasteiger partial charge < -0.3 is 9.47 Å². The van der Waals surface area contributed by atoms with E-state index in [0.717, 1.165) is 39.5 Å². The van der Waals surface area contributed by atoms with E-state index in [-0.39, 0.29) is 5.56 Å². The molecule has 0 atom stereocenters. The normalized spacial score (nSPS) is 12.0. The highest BCUT2D eigenvalue weighted by Gasteiger charge is 2.10. The zero-order valence-corrected chi connectivity index (χ0v) is 19.4. The third-order valence-corrected chi connectivity index (χ3v) is 6.60. The van der Waals surface area contributed by atoms with Gasteiger partial charge in [-0.3, -0.25) is 4.79 Å². The predicted octanol–water partition coefficient (Wildman–Crippen LogP) is 4.92. The lowest BCUT2D eigenvalue weighted by Gasteiger charge is -2.09. The van der Waals surface area contributed by atoms with E-state index < -0.39 is 0 Å². The van der Waals surface area contributed by atoms with E-state index in [2.05, 4.69) is 31.0 Å². The van der Waals surface area contributed by atoms with Crippen molar-refractivity contribution < 1.29 is 9.47 Å². The minimum atomic E-state index is -0.0344. The van der Waals surface area contributed by atoms with E-state index in [1.165, 1.54) is 22.5 Å². The van der Waals surface area contributed by atoms with E-state index in [0.29, 0.717) is 17.7 Å². The molecule has 0 unspecified atom stereocenters. The molecule has 0 saturated heterocycles. The first-order valence-corrected chi connectivity index (χ1v) is 11.7. The van der Waals surface area contributed by atoms with Crippen LogP contribution in [-0.2, 0) is 0 Å². The molecule has 33 heavy (non-hydrogen) atoms. The van der Waals surface area contributed by atoms with Crippen molar-refractivity contribution in [1.82, 2.24) is 9.38 Å². The number of para-hydroxylation sites is 2. The molecular weight excluding hydrogens is 432 g/mol. The zero-order chi connectivity index (χ0) is 22.8. The second kappa shape index (κ2) is 9.08. The Kier molecular flexibility index (Phi) is 5.84. The van der Waals surface area contributed by atoms with Crippen LogP contribution in [0.3, 0.4) is 0 Å². The smallest absolute Gasteiger partial charge is 0.274 e. The van der Waals surface area contributed by atoms with Crippen molar-refractivity contribution in [3.05, 3.63) is 98.3 Å². The van der Waals surface area contributed by atoms with E-state index in [1.807, 2.05) is 60.7 Å². The summed E-state index contributed by atoms with van der Waals surface area (Å²) in [6, 6.07) is 21.6. The molecule has 0 saturated carbocycles. The lowest BCUT2D eigenvalue weighted by Crippen LogP contribution is -2.22. The number of aryl methyl sites for hydroxylation is 2. The minimum Gasteiger partial charge on any atom is -0.493 e.